The standard InChI is InChI=1S/C22H19FN4O4/c1-28-18-8-5-14(9-19(18)29-2)21-24-22(31-26-21)17-10-16-12-30-20(11-27(16)25-17)13-3-6-15(23)7-4-13/h3-10,20H,11-12H2,1-2H3. The Morgan fingerprint density at radius 3 is 2.61 bits per heavy atom. The molecule has 2 aromatic heterocycles. The highest BCUT2D eigenvalue weighted by atomic mass is 19.1. The molecule has 0 aliphatic carbocycles. The Bertz CT molecular complexity index is 1220. The van der Waals surface area contributed by atoms with Gasteiger partial charge in [-0.15, -0.1) is 0 Å². The lowest BCUT2D eigenvalue weighted by Crippen LogP contribution is -2.21. The molecule has 0 spiro atoms. The molecule has 0 bridgehead atoms. The van der Waals surface area contributed by atoms with Crippen molar-refractivity contribution < 1.29 is 23.1 Å². The number of hydrogen-bond donors (Lipinski definition) is 0. The van der Waals surface area contributed by atoms with Crippen LogP contribution in [0.4, 0.5) is 4.39 Å². The third kappa shape index (κ3) is 3.64. The van der Waals surface area contributed by atoms with E-state index in [1.165, 1.54) is 12.1 Å². The molecule has 0 fully saturated rings. The van der Waals surface area contributed by atoms with Gasteiger partial charge in [0.2, 0.25) is 5.82 Å². The fourth-order valence-electron chi connectivity index (χ4n) is 3.53. The molecule has 158 valence electrons. The van der Waals surface area contributed by atoms with Crippen LogP contribution in [-0.2, 0) is 17.9 Å². The van der Waals surface area contributed by atoms with Crippen molar-refractivity contribution in [1.29, 1.82) is 0 Å². The topological polar surface area (TPSA) is 84.4 Å². The van der Waals surface area contributed by atoms with E-state index in [2.05, 4.69) is 15.2 Å². The minimum atomic E-state index is -0.275. The van der Waals surface area contributed by atoms with Crippen LogP contribution in [0.25, 0.3) is 23.0 Å². The molecule has 1 aliphatic heterocycles. The summed E-state index contributed by atoms with van der Waals surface area (Å²) in [6, 6.07) is 13.6. The van der Waals surface area contributed by atoms with Crippen LogP contribution >= 0.6 is 0 Å². The first kappa shape index (κ1) is 19.3. The summed E-state index contributed by atoms with van der Waals surface area (Å²) in [5.74, 6) is 1.65. The predicted molar refractivity (Wildman–Crippen MR) is 108 cm³/mol. The number of hydrogen-bond acceptors (Lipinski definition) is 7. The highest BCUT2D eigenvalue weighted by Crippen LogP contribution is 2.33. The number of halogens is 1. The number of benzene rings is 2. The molecular weight excluding hydrogens is 403 g/mol. The zero-order chi connectivity index (χ0) is 21.4. The van der Waals surface area contributed by atoms with Crippen LogP contribution in [0.2, 0.25) is 0 Å². The molecule has 3 heterocycles. The third-order valence-corrected chi connectivity index (χ3v) is 5.16. The molecule has 1 atom stereocenters. The van der Waals surface area contributed by atoms with E-state index in [9.17, 15) is 4.39 Å². The van der Waals surface area contributed by atoms with Crippen molar-refractivity contribution in [3.05, 3.63) is 65.6 Å². The van der Waals surface area contributed by atoms with Gasteiger partial charge in [-0.05, 0) is 42.0 Å². The molecule has 8 nitrogen and oxygen atoms in total. The fourth-order valence-corrected chi connectivity index (χ4v) is 3.53. The van der Waals surface area contributed by atoms with Gasteiger partial charge in [0, 0.05) is 5.56 Å². The van der Waals surface area contributed by atoms with E-state index in [1.807, 2.05) is 16.8 Å². The quantitative estimate of drug-likeness (QED) is 0.480. The summed E-state index contributed by atoms with van der Waals surface area (Å²) in [7, 11) is 3.15. The SMILES string of the molecule is COc1ccc(-c2noc(-c3cc4n(n3)CC(c3ccc(F)cc3)OC4)n2)cc1OC. The average Bonchev–Trinajstić information content (AvgIpc) is 3.46. The van der Waals surface area contributed by atoms with Gasteiger partial charge < -0.3 is 18.7 Å². The normalized spacial score (nSPS) is 15.5. The van der Waals surface area contributed by atoms with Gasteiger partial charge in [0.25, 0.3) is 5.89 Å². The summed E-state index contributed by atoms with van der Waals surface area (Å²) in [5.41, 5.74) is 3.10. The smallest absolute Gasteiger partial charge is 0.278 e. The number of rotatable bonds is 5. The number of ether oxygens (including phenoxy) is 3. The van der Waals surface area contributed by atoms with E-state index in [-0.39, 0.29) is 11.9 Å². The molecule has 4 aromatic rings. The largest absolute Gasteiger partial charge is 0.493 e. The van der Waals surface area contributed by atoms with E-state index < -0.39 is 0 Å². The van der Waals surface area contributed by atoms with Gasteiger partial charge in [0.05, 0.1) is 33.1 Å². The zero-order valence-electron chi connectivity index (χ0n) is 16.9. The first-order chi connectivity index (χ1) is 15.1. The van der Waals surface area contributed by atoms with Crippen LogP contribution in [0, 0.1) is 5.82 Å². The van der Waals surface area contributed by atoms with E-state index in [0.29, 0.717) is 42.1 Å². The van der Waals surface area contributed by atoms with Gasteiger partial charge in [-0.3, -0.25) is 4.68 Å². The Balaban J connectivity index is 1.39. The van der Waals surface area contributed by atoms with Gasteiger partial charge in [-0.2, -0.15) is 10.1 Å². The highest BCUT2D eigenvalue weighted by molar-refractivity contribution is 5.62. The fraction of sp³-hybridized carbons (Fsp3) is 0.227. The Kier molecular flexibility index (Phi) is 4.87. The Morgan fingerprint density at radius 1 is 1.03 bits per heavy atom. The molecular formula is C22H19FN4O4. The van der Waals surface area contributed by atoms with E-state index in [0.717, 1.165) is 16.8 Å². The Hall–Kier alpha value is -3.72. The molecule has 0 saturated heterocycles. The second-order valence-electron chi connectivity index (χ2n) is 7.05. The van der Waals surface area contributed by atoms with Crippen LogP contribution in [0.5, 0.6) is 11.5 Å². The summed E-state index contributed by atoms with van der Waals surface area (Å²) >= 11 is 0. The van der Waals surface area contributed by atoms with Crippen LogP contribution in [0.15, 0.2) is 53.1 Å². The molecule has 1 aliphatic rings. The summed E-state index contributed by atoms with van der Waals surface area (Å²) in [4.78, 5) is 4.48. The highest BCUT2D eigenvalue weighted by Gasteiger charge is 2.24. The number of aromatic nitrogens is 4. The van der Waals surface area contributed by atoms with Gasteiger partial charge in [-0.25, -0.2) is 4.39 Å². The third-order valence-electron chi connectivity index (χ3n) is 5.16. The maximum atomic E-state index is 13.2. The monoisotopic (exact) mass is 422 g/mol. The van der Waals surface area contributed by atoms with E-state index in [1.54, 1.807) is 38.5 Å². The molecule has 0 saturated carbocycles. The zero-order valence-corrected chi connectivity index (χ0v) is 16.9. The van der Waals surface area contributed by atoms with Crippen molar-refractivity contribution in [3.63, 3.8) is 0 Å². The second-order valence-corrected chi connectivity index (χ2v) is 7.05. The van der Waals surface area contributed by atoms with Crippen molar-refractivity contribution in [1.82, 2.24) is 19.9 Å². The van der Waals surface area contributed by atoms with Crippen LogP contribution < -0.4 is 9.47 Å². The maximum absolute atomic E-state index is 13.2. The molecule has 0 amide bonds. The minimum absolute atomic E-state index is 0.203. The number of fused-ring (bicyclic) bond motifs is 1. The van der Waals surface area contributed by atoms with Gasteiger partial charge in [-0.1, -0.05) is 17.3 Å². The van der Waals surface area contributed by atoms with Gasteiger partial charge in [0.1, 0.15) is 11.9 Å². The lowest BCUT2D eigenvalue weighted by atomic mass is 10.1. The van der Waals surface area contributed by atoms with Crippen molar-refractivity contribution in [2.75, 3.05) is 14.2 Å². The van der Waals surface area contributed by atoms with Crippen LogP contribution in [0.1, 0.15) is 17.4 Å². The molecule has 5 rings (SSSR count). The van der Waals surface area contributed by atoms with E-state index >= 15 is 0 Å². The molecule has 9 heteroatoms. The minimum Gasteiger partial charge on any atom is -0.493 e. The molecule has 1 unspecified atom stereocenters. The summed E-state index contributed by atoms with van der Waals surface area (Å²) in [5, 5.41) is 8.68. The maximum Gasteiger partial charge on any atom is 0.278 e. The molecule has 0 N–H and O–H groups in total. The molecule has 0 radical (unpaired) electrons. The van der Waals surface area contributed by atoms with Gasteiger partial charge in [0.15, 0.2) is 17.2 Å². The lowest BCUT2D eigenvalue weighted by molar-refractivity contribution is -0.00116. The first-order valence-electron chi connectivity index (χ1n) is 9.65. The predicted octanol–water partition coefficient (Wildman–Crippen LogP) is 4.03. The van der Waals surface area contributed by atoms with Crippen molar-refractivity contribution in [2.24, 2.45) is 0 Å². The van der Waals surface area contributed by atoms with E-state index in [4.69, 9.17) is 18.7 Å². The summed E-state index contributed by atoms with van der Waals surface area (Å²) < 4.78 is 37.0. The van der Waals surface area contributed by atoms with Gasteiger partial charge >= 0.3 is 0 Å². The Labute approximate surface area is 177 Å². The molecule has 31 heavy (non-hydrogen) atoms. The van der Waals surface area contributed by atoms with Crippen molar-refractivity contribution >= 4 is 0 Å². The van der Waals surface area contributed by atoms with Crippen LogP contribution in [-0.4, -0.2) is 34.1 Å². The lowest BCUT2D eigenvalue weighted by Gasteiger charge is -2.24. The Morgan fingerprint density at radius 2 is 1.84 bits per heavy atom. The van der Waals surface area contributed by atoms with Crippen LogP contribution in [0.3, 0.4) is 0 Å². The van der Waals surface area contributed by atoms with Crippen molar-refractivity contribution in [2.45, 2.75) is 19.3 Å². The first-order valence-corrected chi connectivity index (χ1v) is 9.65. The number of nitrogens with zero attached hydrogens (tertiary/aromatic N) is 4. The van der Waals surface area contributed by atoms with Crippen molar-refractivity contribution in [3.8, 4) is 34.5 Å². The summed E-state index contributed by atoms with van der Waals surface area (Å²) in [6.45, 7) is 0.892. The number of methoxy groups -OCH3 is 2. The molecule has 2 aromatic carbocycles. The summed E-state index contributed by atoms with van der Waals surface area (Å²) in [6.07, 6.45) is -0.203. The second kappa shape index (κ2) is 7.84. The average molecular weight is 422 g/mol.